The van der Waals surface area contributed by atoms with E-state index in [1.807, 2.05) is 0 Å². The summed E-state index contributed by atoms with van der Waals surface area (Å²) < 4.78 is 5.39. The molecule has 0 saturated carbocycles. The van der Waals surface area contributed by atoms with Gasteiger partial charge < -0.3 is 10.1 Å². The Labute approximate surface area is 111 Å². The third kappa shape index (κ3) is 4.60. The average Bonchev–Trinajstić information content (AvgIpc) is 2.34. The third-order valence-electron chi connectivity index (χ3n) is 2.39. The van der Waals surface area contributed by atoms with Gasteiger partial charge in [0, 0.05) is 12.6 Å². The first-order valence-corrected chi connectivity index (χ1v) is 6.24. The lowest BCUT2D eigenvalue weighted by Gasteiger charge is -2.07. The Morgan fingerprint density at radius 3 is 2.89 bits per heavy atom. The maximum Gasteiger partial charge on any atom is 0.276 e. The minimum Gasteiger partial charge on any atom is -0.375 e. The zero-order chi connectivity index (χ0) is 13.4. The molecule has 1 N–H and O–H groups in total. The zero-order valence-corrected chi connectivity index (χ0v) is 11.1. The predicted octanol–water partition coefficient (Wildman–Crippen LogP) is 2.76. The van der Waals surface area contributed by atoms with Gasteiger partial charge in [-0.2, -0.15) is 0 Å². The topological polar surface area (TPSA) is 64.4 Å². The minimum atomic E-state index is -0.445. The number of hydrogen-bond acceptors (Lipinski definition) is 4. The van der Waals surface area contributed by atoms with Gasteiger partial charge >= 0.3 is 0 Å². The van der Waals surface area contributed by atoms with Crippen molar-refractivity contribution in [2.45, 2.75) is 20.0 Å². The molecule has 1 aromatic carbocycles. The molecule has 0 aliphatic heterocycles. The summed E-state index contributed by atoms with van der Waals surface area (Å²) in [6.07, 6.45) is 1.07. The maximum atomic E-state index is 10.8. The van der Waals surface area contributed by atoms with Crippen LogP contribution in [0.3, 0.4) is 0 Å². The van der Waals surface area contributed by atoms with Gasteiger partial charge in [-0.25, -0.2) is 0 Å². The fourth-order valence-electron chi connectivity index (χ4n) is 1.48. The van der Waals surface area contributed by atoms with E-state index in [1.165, 1.54) is 6.07 Å². The molecule has 0 unspecified atom stereocenters. The van der Waals surface area contributed by atoms with Crippen LogP contribution in [0.4, 0.5) is 5.69 Å². The maximum absolute atomic E-state index is 10.8. The van der Waals surface area contributed by atoms with E-state index in [2.05, 4.69) is 12.2 Å². The third-order valence-corrected chi connectivity index (χ3v) is 2.74. The molecule has 18 heavy (non-hydrogen) atoms. The molecule has 0 amide bonds. The van der Waals surface area contributed by atoms with Crippen molar-refractivity contribution in [2.24, 2.45) is 0 Å². The Morgan fingerprint density at radius 1 is 1.44 bits per heavy atom. The average molecular weight is 273 g/mol. The van der Waals surface area contributed by atoms with Crippen LogP contribution in [0.1, 0.15) is 18.9 Å². The molecule has 0 radical (unpaired) electrons. The van der Waals surface area contributed by atoms with Gasteiger partial charge in [0.05, 0.1) is 28.7 Å². The quantitative estimate of drug-likeness (QED) is 0.449. The van der Waals surface area contributed by atoms with Crippen LogP contribution in [-0.2, 0) is 11.3 Å². The lowest BCUT2D eigenvalue weighted by molar-refractivity contribution is -0.385. The zero-order valence-electron chi connectivity index (χ0n) is 10.3. The largest absolute Gasteiger partial charge is 0.375 e. The highest BCUT2D eigenvalue weighted by Gasteiger charge is 2.16. The van der Waals surface area contributed by atoms with Gasteiger partial charge in [-0.15, -0.1) is 0 Å². The molecule has 5 nitrogen and oxygen atoms in total. The van der Waals surface area contributed by atoms with Crippen molar-refractivity contribution < 1.29 is 9.66 Å². The van der Waals surface area contributed by atoms with Crippen LogP contribution in [0.2, 0.25) is 5.02 Å². The molecule has 0 saturated heterocycles. The van der Waals surface area contributed by atoms with Crippen LogP contribution in [0.5, 0.6) is 0 Å². The molecule has 0 fully saturated rings. The molecule has 0 bridgehead atoms. The Balaban J connectivity index is 2.48. The molecule has 1 rings (SSSR count). The number of hydrogen-bond donors (Lipinski definition) is 1. The number of halogens is 1. The molecule has 6 heteroatoms. The molecule has 0 heterocycles. The number of benzene rings is 1. The molecule has 0 aliphatic carbocycles. The first kappa shape index (κ1) is 14.9. The summed E-state index contributed by atoms with van der Waals surface area (Å²) in [7, 11) is 0. The summed E-state index contributed by atoms with van der Waals surface area (Å²) in [4.78, 5) is 10.4. The molecular formula is C12H17ClN2O3. The Morgan fingerprint density at radius 2 is 2.22 bits per heavy atom. The Bertz CT molecular complexity index is 399. The summed E-state index contributed by atoms with van der Waals surface area (Å²) >= 11 is 5.94. The minimum absolute atomic E-state index is 0.00372. The van der Waals surface area contributed by atoms with Crippen molar-refractivity contribution in [1.82, 2.24) is 5.32 Å². The molecule has 1 aromatic rings. The summed E-state index contributed by atoms with van der Waals surface area (Å²) in [5.41, 5.74) is 0.434. The summed E-state index contributed by atoms with van der Waals surface area (Å²) in [6.45, 7) is 4.41. The van der Waals surface area contributed by atoms with Crippen molar-refractivity contribution in [3.63, 3.8) is 0 Å². The fourth-order valence-corrected chi connectivity index (χ4v) is 1.71. The van der Waals surface area contributed by atoms with E-state index >= 15 is 0 Å². The van der Waals surface area contributed by atoms with Crippen LogP contribution in [-0.4, -0.2) is 24.6 Å². The normalized spacial score (nSPS) is 10.6. The van der Waals surface area contributed by atoms with E-state index in [0.717, 1.165) is 19.5 Å². The first-order chi connectivity index (χ1) is 8.66. The number of rotatable bonds is 8. The predicted molar refractivity (Wildman–Crippen MR) is 70.9 cm³/mol. The van der Waals surface area contributed by atoms with Gasteiger partial charge in [0.2, 0.25) is 0 Å². The highest BCUT2D eigenvalue weighted by Crippen LogP contribution is 2.26. The van der Waals surface area contributed by atoms with Gasteiger partial charge in [0.15, 0.2) is 0 Å². The van der Waals surface area contributed by atoms with Crippen molar-refractivity contribution in [3.8, 4) is 0 Å². The molecule has 0 spiro atoms. The van der Waals surface area contributed by atoms with Crippen molar-refractivity contribution in [3.05, 3.63) is 38.9 Å². The van der Waals surface area contributed by atoms with Crippen LogP contribution < -0.4 is 5.32 Å². The monoisotopic (exact) mass is 272 g/mol. The Hall–Kier alpha value is -1.17. The lowest BCUT2D eigenvalue weighted by atomic mass is 10.2. The van der Waals surface area contributed by atoms with Gasteiger partial charge in [-0.3, -0.25) is 10.1 Å². The molecule has 0 atom stereocenters. The lowest BCUT2D eigenvalue weighted by Crippen LogP contribution is -2.20. The van der Waals surface area contributed by atoms with E-state index in [4.69, 9.17) is 16.3 Å². The van der Waals surface area contributed by atoms with E-state index in [9.17, 15) is 10.1 Å². The molecule has 0 aromatic heterocycles. The van der Waals surface area contributed by atoms with Crippen molar-refractivity contribution >= 4 is 17.3 Å². The number of nitrogens with zero attached hydrogens (tertiary/aromatic N) is 1. The van der Waals surface area contributed by atoms with Crippen LogP contribution in [0.15, 0.2) is 18.2 Å². The van der Waals surface area contributed by atoms with Crippen LogP contribution >= 0.6 is 11.6 Å². The highest BCUT2D eigenvalue weighted by atomic mass is 35.5. The number of nitro benzene ring substituents is 1. The molecular weight excluding hydrogens is 256 g/mol. The number of nitro groups is 1. The second kappa shape index (κ2) is 8.02. The van der Waals surface area contributed by atoms with Gasteiger partial charge in [-0.05, 0) is 19.0 Å². The first-order valence-electron chi connectivity index (χ1n) is 5.87. The van der Waals surface area contributed by atoms with E-state index in [1.54, 1.807) is 12.1 Å². The van der Waals surface area contributed by atoms with Gasteiger partial charge in [0.25, 0.3) is 5.69 Å². The van der Waals surface area contributed by atoms with Gasteiger partial charge in [-0.1, -0.05) is 24.6 Å². The summed E-state index contributed by atoms with van der Waals surface area (Å²) in [6, 6.07) is 4.62. The molecule has 0 aliphatic rings. The SMILES string of the molecule is CCCNCCOCc1c(Cl)cccc1[N+](=O)[O-]. The van der Waals surface area contributed by atoms with E-state index < -0.39 is 4.92 Å². The number of nitrogens with one attached hydrogen (secondary N) is 1. The second-order valence-electron chi connectivity index (χ2n) is 3.80. The smallest absolute Gasteiger partial charge is 0.276 e. The van der Waals surface area contributed by atoms with Crippen LogP contribution in [0.25, 0.3) is 0 Å². The Kier molecular flexibility index (Phi) is 6.64. The van der Waals surface area contributed by atoms with Crippen LogP contribution in [0, 0.1) is 10.1 Å². The fraction of sp³-hybridized carbons (Fsp3) is 0.500. The van der Waals surface area contributed by atoms with E-state index in [-0.39, 0.29) is 12.3 Å². The van der Waals surface area contributed by atoms with E-state index in [0.29, 0.717) is 17.2 Å². The van der Waals surface area contributed by atoms with Gasteiger partial charge in [0.1, 0.15) is 0 Å². The number of ether oxygens (including phenoxy) is 1. The standard InChI is InChI=1S/C12H17ClN2O3/c1-2-6-14-7-8-18-9-10-11(13)4-3-5-12(10)15(16)17/h3-5,14H,2,6-9H2,1H3. The van der Waals surface area contributed by atoms with Crippen molar-refractivity contribution in [2.75, 3.05) is 19.7 Å². The second-order valence-corrected chi connectivity index (χ2v) is 4.20. The summed E-state index contributed by atoms with van der Waals surface area (Å²) in [5.74, 6) is 0. The summed E-state index contributed by atoms with van der Waals surface area (Å²) in [5, 5.41) is 14.4. The van der Waals surface area contributed by atoms with Crippen molar-refractivity contribution in [1.29, 1.82) is 0 Å². The molecule has 100 valence electrons. The highest BCUT2D eigenvalue weighted by molar-refractivity contribution is 6.31.